The van der Waals surface area contributed by atoms with Gasteiger partial charge in [0.25, 0.3) is 5.91 Å². The predicted octanol–water partition coefficient (Wildman–Crippen LogP) is 3.42. The van der Waals surface area contributed by atoms with Crippen molar-refractivity contribution in [1.29, 1.82) is 0 Å². The van der Waals surface area contributed by atoms with Crippen LogP contribution in [-0.4, -0.2) is 62.3 Å². The molecule has 2 heterocycles. The minimum absolute atomic E-state index is 0.145. The molecule has 0 atom stereocenters. The van der Waals surface area contributed by atoms with E-state index in [9.17, 15) is 22.8 Å². The van der Waals surface area contributed by atoms with Crippen molar-refractivity contribution in [3.05, 3.63) is 35.6 Å². The summed E-state index contributed by atoms with van der Waals surface area (Å²) in [4.78, 5) is 40.1. The number of carboxylic acid groups (broad SMARTS) is 2. The van der Waals surface area contributed by atoms with Crippen molar-refractivity contribution in [3.8, 4) is 10.6 Å². The van der Waals surface area contributed by atoms with Crippen LogP contribution in [0.2, 0.25) is 0 Å². The Labute approximate surface area is 180 Å². The molecule has 3 N–H and O–H groups in total. The SMILES string of the molecule is O=C(O)C(F)(F)F.O=C(O)CCSSCCNC(=O)c1cnc(-c2cccnc2)s1. The van der Waals surface area contributed by atoms with Crippen molar-refractivity contribution in [2.75, 3.05) is 18.1 Å². The second-order valence-corrected chi connectivity index (χ2v) is 8.85. The molecule has 0 spiro atoms. The second kappa shape index (κ2) is 13.1. The Kier molecular flexibility index (Phi) is 11.2. The Balaban J connectivity index is 0.000000553. The van der Waals surface area contributed by atoms with E-state index in [1.54, 1.807) is 29.4 Å². The van der Waals surface area contributed by atoms with Crippen LogP contribution in [-0.2, 0) is 9.59 Å². The highest BCUT2D eigenvalue weighted by molar-refractivity contribution is 8.76. The molecule has 2 aromatic rings. The quantitative estimate of drug-likeness (QED) is 0.363. The van der Waals surface area contributed by atoms with Crippen LogP contribution in [0.15, 0.2) is 30.7 Å². The lowest BCUT2D eigenvalue weighted by Gasteiger charge is -2.02. The number of halogens is 3. The number of aliphatic carboxylic acids is 2. The van der Waals surface area contributed by atoms with E-state index in [4.69, 9.17) is 15.0 Å². The van der Waals surface area contributed by atoms with Gasteiger partial charge in [-0.1, -0.05) is 21.6 Å². The standard InChI is InChI=1S/C14H15N3O3S3.C2HF3O2/c18-12(19)3-6-21-22-7-5-16-13(20)11-9-17-14(23-11)10-2-1-4-15-8-10;3-2(4,5)1(6)7/h1-2,4,8-9H,3,5-7H2,(H,16,20)(H,18,19);(H,6,7). The molecule has 0 unspecified atom stereocenters. The van der Waals surface area contributed by atoms with Crippen molar-refractivity contribution in [2.45, 2.75) is 12.6 Å². The number of aromatic nitrogens is 2. The largest absolute Gasteiger partial charge is 0.490 e. The van der Waals surface area contributed by atoms with Crippen LogP contribution in [0.25, 0.3) is 10.6 Å². The highest BCUT2D eigenvalue weighted by Gasteiger charge is 2.38. The lowest BCUT2D eigenvalue weighted by molar-refractivity contribution is -0.192. The van der Waals surface area contributed by atoms with Crippen LogP contribution in [0, 0.1) is 0 Å². The smallest absolute Gasteiger partial charge is 0.481 e. The normalized spacial score (nSPS) is 10.6. The molecule has 0 aromatic carbocycles. The lowest BCUT2D eigenvalue weighted by Crippen LogP contribution is -2.24. The Morgan fingerprint density at radius 3 is 2.37 bits per heavy atom. The number of carbonyl (C=O) groups is 3. The number of carboxylic acids is 2. The molecule has 8 nitrogen and oxygen atoms in total. The Morgan fingerprint density at radius 2 is 1.80 bits per heavy atom. The summed E-state index contributed by atoms with van der Waals surface area (Å²) >= 11 is 1.33. The van der Waals surface area contributed by atoms with Crippen LogP contribution in [0.4, 0.5) is 13.2 Å². The topological polar surface area (TPSA) is 129 Å². The number of alkyl halides is 3. The van der Waals surface area contributed by atoms with Crippen molar-refractivity contribution in [3.63, 3.8) is 0 Å². The summed E-state index contributed by atoms with van der Waals surface area (Å²) in [6.45, 7) is 0.531. The molecule has 0 radical (unpaired) electrons. The van der Waals surface area contributed by atoms with Crippen molar-refractivity contribution in [1.82, 2.24) is 15.3 Å². The first-order chi connectivity index (χ1) is 14.1. The van der Waals surface area contributed by atoms with Gasteiger partial charge in [0.1, 0.15) is 9.88 Å². The number of amides is 1. The van der Waals surface area contributed by atoms with Crippen LogP contribution in [0.3, 0.4) is 0 Å². The predicted molar refractivity (Wildman–Crippen MR) is 109 cm³/mol. The first-order valence-corrected chi connectivity index (χ1v) is 11.3. The fourth-order valence-electron chi connectivity index (χ4n) is 1.54. The highest BCUT2D eigenvalue weighted by Crippen LogP contribution is 2.24. The zero-order valence-electron chi connectivity index (χ0n) is 15.1. The van der Waals surface area contributed by atoms with Crippen LogP contribution >= 0.6 is 32.9 Å². The van der Waals surface area contributed by atoms with Gasteiger partial charge < -0.3 is 15.5 Å². The van der Waals surface area contributed by atoms with Gasteiger partial charge in [0, 0.05) is 36.0 Å². The summed E-state index contributed by atoms with van der Waals surface area (Å²) in [6.07, 6.45) is 0.0431. The fourth-order valence-corrected chi connectivity index (χ4v) is 4.25. The number of carbonyl (C=O) groups excluding carboxylic acids is 1. The summed E-state index contributed by atoms with van der Waals surface area (Å²) in [5, 5.41) is 19.2. The minimum atomic E-state index is -5.08. The van der Waals surface area contributed by atoms with Gasteiger partial charge in [-0.3, -0.25) is 14.6 Å². The maximum Gasteiger partial charge on any atom is 0.490 e. The first kappa shape index (κ1) is 25.7. The highest BCUT2D eigenvalue weighted by atomic mass is 33.1. The molecule has 30 heavy (non-hydrogen) atoms. The van der Waals surface area contributed by atoms with E-state index in [0.717, 1.165) is 16.3 Å². The summed E-state index contributed by atoms with van der Waals surface area (Å²) in [5.74, 6) is -2.40. The molecule has 164 valence electrons. The molecule has 2 rings (SSSR count). The number of thiazole rings is 1. The van der Waals surface area contributed by atoms with Gasteiger partial charge in [0.15, 0.2) is 0 Å². The Morgan fingerprint density at radius 1 is 1.13 bits per heavy atom. The second-order valence-electron chi connectivity index (χ2n) is 5.12. The van der Waals surface area contributed by atoms with Crippen molar-refractivity contribution < 1.29 is 37.8 Å². The number of hydrogen-bond acceptors (Lipinski definition) is 8. The number of rotatable bonds is 9. The fraction of sp³-hybridized carbons (Fsp3) is 0.312. The van der Waals surface area contributed by atoms with Gasteiger partial charge in [-0.25, -0.2) is 9.78 Å². The zero-order valence-corrected chi connectivity index (χ0v) is 17.5. The maximum atomic E-state index is 12.0. The number of nitrogens with zero attached hydrogens (tertiary/aromatic N) is 2. The van der Waals surface area contributed by atoms with E-state index in [-0.39, 0.29) is 12.3 Å². The monoisotopic (exact) mass is 483 g/mol. The summed E-state index contributed by atoms with van der Waals surface area (Å²) < 4.78 is 31.7. The minimum Gasteiger partial charge on any atom is -0.481 e. The average molecular weight is 484 g/mol. The van der Waals surface area contributed by atoms with Crippen LogP contribution in [0.1, 0.15) is 16.1 Å². The molecule has 0 saturated heterocycles. The van der Waals surface area contributed by atoms with Crippen LogP contribution < -0.4 is 5.32 Å². The van der Waals surface area contributed by atoms with Gasteiger partial charge in [-0.2, -0.15) is 13.2 Å². The molecule has 0 aliphatic rings. The molecular weight excluding hydrogens is 467 g/mol. The van der Waals surface area contributed by atoms with E-state index in [2.05, 4.69) is 15.3 Å². The molecule has 0 aliphatic heterocycles. The zero-order chi connectivity index (χ0) is 22.6. The lowest BCUT2D eigenvalue weighted by atomic mass is 10.3. The molecule has 0 aliphatic carbocycles. The molecule has 14 heteroatoms. The third-order valence-electron chi connectivity index (χ3n) is 2.83. The van der Waals surface area contributed by atoms with E-state index in [1.165, 1.54) is 22.1 Å². The van der Waals surface area contributed by atoms with Gasteiger partial charge >= 0.3 is 18.1 Å². The molecule has 0 saturated carbocycles. The first-order valence-electron chi connectivity index (χ1n) is 8.02. The molecular formula is C16H16F3N3O5S3. The van der Waals surface area contributed by atoms with Crippen molar-refractivity contribution in [2.24, 2.45) is 0 Å². The third-order valence-corrected chi connectivity index (χ3v) is 6.29. The summed E-state index contributed by atoms with van der Waals surface area (Å²) in [6, 6.07) is 3.73. The van der Waals surface area contributed by atoms with E-state index in [1.807, 2.05) is 12.1 Å². The number of nitrogens with one attached hydrogen (secondary N) is 1. The Hall–Kier alpha value is -2.32. The van der Waals surface area contributed by atoms with Gasteiger partial charge in [0.2, 0.25) is 0 Å². The molecule has 2 aromatic heterocycles. The van der Waals surface area contributed by atoms with Gasteiger partial charge in [-0.05, 0) is 12.1 Å². The van der Waals surface area contributed by atoms with E-state index >= 15 is 0 Å². The number of hydrogen-bond donors (Lipinski definition) is 3. The Bertz CT molecular complexity index is 834. The third kappa shape index (κ3) is 10.5. The molecule has 0 bridgehead atoms. The molecule has 1 amide bonds. The van der Waals surface area contributed by atoms with Gasteiger partial charge in [0.05, 0.1) is 12.6 Å². The van der Waals surface area contributed by atoms with Crippen molar-refractivity contribution >= 4 is 50.8 Å². The van der Waals surface area contributed by atoms with E-state index < -0.39 is 18.1 Å². The molecule has 0 fully saturated rings. The maximum absolute atomic E-state index is 12.0. The number of pyridine rings is 1. The average Bonchev–Trinajstić information content (AvgIpc) is 3.17. The van der Waals surface area contributed by atoms with E-state index in [0.29, 0.717) is 17.2 Å². The summed E-state index contributed by atoms with van der Waals surface area (Å²) in [7, 11) is 3.05. The summed E-state index contributed by atoms with van der Waals surface area (Å²) in [5.41, 5.74) is 0.891. The van der Waals surface area contributed by atoms with Crippen LogP contribution in [0.5, 0.6) is 0 Å². The van der Waals surface area contributed by atoms with Gasteiger partial charge in [-0.15, -0.1) is 11.3 Å².